The van der Waals surface area contributed by atoms with Crippen LogP contribution in [0.3, 0.4) is 0 Å². The van der Waals surface area contributed by atoms with Gasteiger partial charge in [0.25, 0.3) is 5.91 Å². The summed E-state index contributed by atoms with van der Waals surface area (Å²) in [6, 6.07) is 7.24. The van der Waals surface area contributed by atoms with Crippen LogP contribution in [0.25, 0.3) is 0 Å². The molecule has 14 heavy (non-hydrogen) atoms. The lowest BCUT2D eigenvalue weighted by molar-refractivity contribution is -0.119. The van der Waals surface area contributed by atoms with Gasteiger partial charge in [-0.15, -0.1) is 0 Å². The van der Waals surface area contributed by atoms with Crippen LogP contribution in [0.2, 0.25) is 0 Å². The molecule has 0 atom stereocenters. The third kappa shape index (κ3) is 3.06. The zero-order chi connectivity index (χ0) is 10.4. The molecule has 0 bridgehead atoms. The Bertz CT molecular complexity index is 312. The number of ether oxygens (including phenoxy) is 1. The third-order valence-corrected chi connectivity index (χ3v) is 1.72. The van der Waals surface area contributed by atoms with Gasteiger partial charge < -0.3 is 15.6 Å². The fourth-order valence-corrected chi connectivity index (χ4v) is 1.12. The first-order valence-electron chi connectivity index (χ1n) is 4.34. The summed E-state index contributed by atoms with van der Waals surface area (Å²) in [5.41, 5.74) is 5.82. The average molecular weight is 195 g/mol. The average Bonchev–Trinajstić information content (AvgIpc) is 2.17. The number of aliphatic hydroxyl groups is 1. The summed E-state index contributed by atoms with van der Waals surface area (Å²) >= 11 is 0. The minimum absolute atomic E-state index is 0.0525. The Hall–Kier alpha value is -1.55. The van der Waals surface area contributed by atoms with Crippen molar-refractivity contribution in [1.82, 2.24) is 0 Å². The van der Waals surface area contributed by atoms with Gasteiger partial charge in [0, 0.05) is 6.61 Å². The fourth-order valence-electron chi connectivity index (χ4n) is 1.12. The van der Waals surface area contributed by atoms with Crippen LogP contribution in [0.4, 0.5) is 0 Å². The van der Waals surface area contributed by atoms with Crippen molar-refractivity contribution in [3.8, 4) is 5.75 Å². The summed E-state index contributed by atoms with van der Waals surface area (Å²) in [6.07, 6.45) is 0.509. The quantitative estimate of drug-likeness (QED) is 0.699. The number of hydrogen-bond donors (Lipinski definition) is 2. The third-order valence-electron chi connectivity index (χ3n) is 1.72. The Kier molecular flexibility index (Phi) is 3.94. The normalized spacial score (nSPS) is 9.79. The second-order valence-electron chi connectivity index (χ2n) is 2.84. The zero-order valence-electron chi connectivity index (χ0n) is 7.77. The van der Waals surface area contributed by atoms with Crippen molar-refractivity contribution >= 4 is 5.91 Å². The summed E-state index contributed by atoms with van der Waals surface area (Å²) in [7, 11) is 0. The maximum absolute atomic E-state index is 10.5. The number of nitrogens with two attached hydrogens (primary N) is 1. The number of rotatable bonds is 5. The number of benzene rings is 1. The molecule has 0 unspecified atom stereocenters. The van der Waals surface area contributed by atoms with Crippen molar-refractivity contribution in [2.75, 3.05) is 13.2 Å². The Balaban J connectivity index is 2.68. The minimum atomic E-state index is -0.510. The molecule has 0 fully saturated rings. The summed E-state index contributed by atoms with van der Waals surface area (Å²) in [4.78, 5) is 10.5. The highest BCUT2D eigenvalue weighted by Crippen LogP contribution is 2.17. The van der Waals surface area contributed by atoms with E-state index in [4.69, 9.17) is 15.6 Å². The monoisotopic (exact) mass is 195 g/mol. The SMILES string of the molecule is NC(=O)COc1ccccc1CCO. The highest BCUT2D eigenvalue weighted by Gasteiger charge is 2.03. The van der Waals surface area contributed by atoms with Crippen LogP contribution in [0, 0.1) is 0 Å². The Morgan fingerprint density at radius 1 is 1.43 bits per heavy atom. The van der Waals surface area contributed by atoms with Crippen molar-refractivity contribution in [1.29, 1.82) is 0 Å². The highest BCUT2D eigenvalue weighted by atomic mass is 16.5. The second-order valence-corrected chi connectivity index (χ2v) is 2.84. The molecule has 1 aromatic carbocycles. The molecule has 1 rings (SSSR count). The fraction of sp³-hybridized carbons (Fsp3) is 0.300. The van der Waals surface area contributed by atoms with Crippen LogP contribution in [0.1, 0.15) is 5.56 Å². The maximum atomic E-state index is 10.5. The molecule has 3 N–H and O–H groups in total. The van der Waals surface area contributed by atoms with Gasteiger partial charge in [0.1, 0.15) is 5.75 Å². The van der Waals surface area contributed by atoms with E-state index in [0.717, 1.165) is 5.56 Å². The standard InChI is InChI=1S/C10H13NO3/c11-10(13)7-14-9-4-2-1-3-8(9)5-6-12/h1-4,12H,5-7H2,(H2,11,13). The summed E-state index contributed by atoms with van der Waals surface area (Å²) in [6.45, 7) is -0.0839. The largest absolute Gasteiger partial charge is 0.484 e. The molecule has 0 saturated heterocycles. The van der Waals surface area contributed by atoms with E-state index in [1.807, 2.05) is 12.1 Å². The Morgan fingerprint density at radius 3 is 2.79 bits per heavy atom. The van der Waals surface area contributed by atoms with Gasteiger partial charge in [0.15, 0.2) is 6.61 Å². The van der Waals surface area contributed by atoms with E-state index in [1.54, 1.807) is 12.1 Å². The van der Waals surface area contributed by atoms with Crippen LogP contribution < -0.4 is 10.5 Å². The maximum Gasteiger partial charge on any atom is 0.255 e. The molecule has 4 heteroatoms. The molecule has 0 saturated carbocycles. The number of carbonyl (C=O) groups is 1. The zero-order valence-corrected chi connectivity index (χ0v) is 7.77. The number of carbonyl (C=O) groups excluding carboxylic acids is 1. The number of amides is 1. The second kappa shape index (κ2) is 5.24. The van der Waals surface area contributed by atoms with Crippen molar-refractivity contribution in [2.45, 2.75) is 6.42 Å². The lowest BCUT2D eigenvalue weighted by Crippen LogP contribution is -2.20. The van der Waals surface area contributed by atoms with E-state index >= 15 is 0 Å². The van der Waals surface area contributed by atoms with Crippen molar-refractivity contribution in [3.05, 3.63) is 29.8 Å². The molecule has 0 radical (unpaired) electrons. The van der Waals surface area contributed by atoms with E-state index in [2.05, 4.69) is 0 Å². The molecule has 0 heterocycles. The van der Waals surface area contributed by atoms with Gasteiger partial charge in [0.05, 0.1) is 0 Å². The summed E-state index contributed by atoms with van der Waals surface area (Å²) in [5.74, 6) is 0.0872. The Labute approximate surface area is 82.3 Å². The van der Waals surface area contributed by atoms with Gasteiger partial charge in [0.2, 0.25) is 0 Å². The van der Waals surface area contributed by atoms with E-state index in [0.29, 0.717) is 12.2 Å². The molecule has 1 aromatic rings. The number of hydrogen-bond acceptors (Lipinski definition) is 3. The van der Waals surface area contributed by atoms with Gasteiger partial charge >= 0.3 is 0 Å². The van der Waals surface area contributed by atoms with Gasteiger partial charge in [-0.05, 0) is 18.1 Å². The molecule has 76 valence electrons. The van der Waals surface area contributed by atoms with Crippen LogP contribution in [0.5, 0.6) is 5.75 Å². The van der Waals surface area contributed by atoms with E-state index in [9.17, 15) is 4.79 Å². The number of aliphatic hydroxyl groups excluding tert-OH is 1. The van der Waals surface area contributed by atoms with E-state index in [-0.39, 0.29) is 13.2 Å². The minimum Gasteiger partial charge on any atom is -0.484 e. The first-order valence-corrected chi connectivity index (χ1v) is 4.34. The summed E-state index contributed by atoms with van der Waals surface area (Å²) < 4.78 is 5.17. The van der Waals surface area contributed by atoms with Gasteiger partial charge in [-0.1, -0.05) is 18.2 Å². The van der Waals surface area contributed by atoms with Crippen molar-refractivity contribution in [3.63, 3.8) is 0 Å². The first-order chi connectivity index (χ1) is 6.74. The van der Waals surface area contributed by atoms with Crippen LogP contribution >= 0.6 is 0 Å². The lowest BCUT2D eigenvalue weighted by atomic mass is 10.1. The molecule has 0 aliphatic heterocycles. The summed E-state index contributed by atoms with van der Waals surface area (Å²) in [5, 5.41) is 8.77. The molecular weight excluding hydrogens is 182 g/mol. The topological polar surface area (TPSA) is 72.6 Å². The smallest absolute Gasteiger partial charge is 0.255 e. The molecule has 4 nitrogen and oxygen atoms in total. The highest BCUT2D eigenvalue weighted by molar-refractivity contribution is 5.75. The predicted molar refractivity (Wildman–Crippen MR) is 51.9 cm³/mol. The predicted octanol–water partition coefficient (Wildman–Crippen LogP) is 0.0855. The van der Waals surface area contributed by atoms with Crippen LogP contribution in [-0.2, 0) is 11.2 Å². The molecule has 0 aromatic heterocycles. The molecule has 0 spiro atoms. The lowest BCUT2D eigenvalue weighted by Gasteiger charge is -2.08. The van der Waals surface area contributed by atoms with Crippen LogP contribution in [-0.4, -0.2) is 24.2 Å². The van der Waals surface area contributed by atoms with Gasteiger partial charge in [-0.3, -0.25) is 4.79 Å². The molecule has 0 aliphatic carbocycles. The van der Waals surface area contributed by atoms with Crippen LogP contribution in [0.15, 0.2) is 24.3 Å². The van der Waals surface area contributed by atoms with E-state index < -0.39 is 5.91 Å². The number of para-hydroxylation sites is 1. The van der Waals surface area contributed by atoms with E-state index in [1.165, 1.54) is 0 Å². The molecular formula is C10H13NO3. The molecule has 1 amide bonds. The number of primary amides is 1. The Morgan fingerprint density at radius 2 is 2.14 bits per heavy atom. The van der Waals surface area contributed by atoms with Crippen molar-refractivity contribution in [2.24, 2.45) is 5.73 Å². The van der Waals surface area contributed by atoms with Crippen molar-refractivity contribution < 1.29 is 14.6 Å². The van der Waals surface area contributed by atoms with Gasteiger partial charge in [-0.25, -0.2) is 0 Å². The first kappa shape index (κ1) is 10.5. The van der Waals surface area contributed by atoms with Gasteiger partial charge in [-0.2, -0.15) is 0 Å². The molecule has 0 aliphatic rings.